The molecule has 0 radical (unpaired) electrons. The summed E-state index contributed by atoms with van der Waals surface area (Å²) in [5.74, 6) is -2.29. The lowest BCUT2D eigenvalue weighted by Crippen LogP contribution is -2.43. The van der Waals surface area contributed by atoms with Crippen LogP contribution in [0.2, 0.25) is 0 Å². The van der Waals surface area contributed by atoms with E-state index in [1.165, 1.54) is 24.3 Å². The van der Waals surface area contributed by atoms with Crippen LogP contribution in [-0.4, -0.2) is 64.3 Å². The third-order valence-electron chi connectivity index (χ3n) is 6.11. The van der Waals surface area contributed by atoms with Gasteiger partial charge < -0.3 is 20.4 Å². The molecule has 4 rings (SSSR count). The molecule has 0 atom stereocenters. The van der Waals surface area contributed by atoms with Gasteiger partial charge in [-0.25, -0.2) is 14.2 Å². The van der Waals surface area contributed by atoms with Crippen LogP contribution in [0.4, 0.5) is 29.1 Å². The van der Waals surface area contributed by atoms with E-state index in [1.807, 2.05) is 18.2 Å². The number of anilines is 2. The maximum absolute atomic E-state index is 13.1. The Morgan fingerprint density at radius 3 is 2.31 bits per heavy atom. The highest BCUT2D eigenvalue weighted by atomic mass is 19.4. The van der Waals surface area contributed by atoms with Gasteiger partial charge in [-0.1, -0.05) is 12.1 Å². The fourth-order valence-electron chi connectivity index (χ4n) is 4.08. The van der Waals surface area contributed by atoms with E-state index in [2.05, 4.69) is 27.1 Å². The second kappa shape index (κ2) is 13.1. The van der Waals surface area contributed by atoms with Crippen molar-refractivity contribution in [3.8, 4) is 5.75 Å². The van der Waals surface area contributed by atoms with E-state index in [9.17, 15) is 27.5 Å². The van der Waals surface area contributed by atoms with Crippen molar-refractivity contribution in [1.29, 1.82) is 0 Å². The molecule has 1 aliphatic rings. The number of hydrogen-bond donors (Lipinski definition) is 3. The summed E-state index contributed by atoms with van der Waals surface area (Å²) in [6.45, 7) is 2.54. The van der Waals surface area contributed by atoms with Crippen LogP contribution < -0.4 is 10.2 Å². The summed E-state index contributed by atoms with van der Waals surface area (Å²) in [5, 5.41) is 19.7. The highest BCUT2D eigenvalue weighted by molar-refractivity contribution is 6.04. The van der Waals surface area contributed by atoms with Crippen LogP contribution in [0.25, 0.3) is 0 Å². The number of phenols is 1. The Bertz CT molecular complexity index is 1260. The average Bonchev–Trinajstić information content (AvgIpc) is 2.89. The molecule has 208 valence electrons. The van der Waals surface area contributed by atoms with Gasteiger partial charge in [0, 0.05) is 49.2 Å². The van der Waals surface area contributed by atoms with Gasteiger partial charge in [0.25, 0.3) is 5.91 Å². The van der Waals surface area contributed by atoms with Gasteiger partial charge in [0.15, 0.2) is 0 Å². The maximum atomic E-state index is 13.1. The van der Waals surface area contributed by atoms with Crippen LogP contribution in [0.3, 0.4) is 0 Å². The summed E-state index contributed by atoms with van der Waals surface area (Å²) < 4.78 is 44.8. The standard InChI is InChI=1S/C25H27FN4O2.C2HF3O2/c1-29(17-18-3-2-4-23(31)15-18)22-10-13-30(14-11-22)24-16-21(9-12-27-24)28-25(32)19-5-7-20(26)8-6-19;3-2(4,5)1(6)7/h2-9,12,15-16,22,31H,10-11,13-14,17H2,1H3,(H,27,28,32);(H,6,7). The topological polar surface area (TPSA) is 106 Å². The lowest BCUT2D eigenvalue weighted by Gasteiger charge is -2.37. The number of piperidine rings is 1. The number of nitrogens with one attached hydrogen (secondary N) is 1. The van der Waals surface area contributed by atoms with E-state index >= 15 is 0 Å². The van der Waals surface area contributed by atoms with Crippen LogP contribution in [0, 0.1) is 5.82 Å². The van der Waals surface area contributed by atoms with E-state index in [4.69, 9.17) is 9.90 Å². The highest BCUT2D eigenvalue weighted by Gasteiger charge is 2.38. The number of carboxylic acid groups (broad SMARTS) is 1. The number of alkyl halides is 3. The van der Waals surface area contributed by atoms with E-state index in [0.29, 0.717) is 23.0 Å². The zero-order chi connectivity index (χ0) is 28.6. The van der Waals surface area contributed by atoms with Crippen LogP contribution in [0.1, 0.15) is 28.8 Å². The molecular weight excluding hydrogens is 520 g/mol. The molecule has 1 aromatic heterocycles. The second-order valence-electron chi connectivity index (χ2n) is 8.97. The van der Waals surface area contributed by atoms with E-state index < -0.39 is 12.1 Å². The number of aromatic hydroxyl groups is 1. The van der Waals surface area contributed by atoms with Crippen LogP contribution in [0.5, 0.6) is 5.75 Å². The number of benzene rings is 2. The molecule has 1 fully saturated rings. The van der Waals surface area contributed by atoms with Gasteiger partial charge in [-0.3, -0.25) is 9.69 Å². The Morgan fingerprint density at radius 1 is 1.08 bits per heavy atom. The number of aromatic nitrogens is 1. The highest BCUT2D eigenvalue weighted by Crippen LogP contribution is 2.24. The Kier molecular flexibility index (Phi) is 9.83. The quantitative estimate of drug-likeness (QED) is 0.376. The maximum Gasteiger partial charge on any atom is 0.490 e. The number of amides is 1. The summed E-state index contributed by atoms with van der Waals surface area (Å²) in [4.78, 5) is 30.4. The van der Waals surface area contributed by atoms with E-state index in [0.717, 1.165) is 43.9 Å². The van der Waals surface area contributed by atoms with Crippen LogP contribution >= 0.6 is 0 Å². The first-order chi connectivity index (χ1) is 18.4. The van der Waals surface area contributed by atoms with Gasteiger partial charge >= 0.3 is 12.1 Å². The molecule has 0 unspecified atom stereocenters. The molecule has 0 saturated carbocycles. The summed E-state index contributed by atoms with van der Waals surface area (Å²) in [7, 11) is 2.12. The summed E-state index contributed by atoms with van der Waals surface area (Å²) >= 11 is 0. The molecule has 1 saturated heterocycles. The molecule has 3 aromatic rings. The molecule has 8 nitrogen and oxygen atoms in total. The number of aliphatic carboxylic acids is 1. The monoisotopic (exact) mass is 548 g/mol. The molecule has 2 aromatic carbocycles. The molecule has 0 aliphatic carbocycles. The molecule has 1 amide bonds. The van der Waals surface area contributed by atoms with Crippen molar-refractivity contribution in [2.75, 3.05) is 30.4 Å². The molecule has 0 bridgehead atoms. The first-order valence-corrected chi connectivity index (χ1v) is 12.0. The van der Waals surface area contributed by atoms with Gasteiger partial charge in [-0.15, -0.1) is 0 Å². The van der Waals surface area contributed by atoms with Gasteiger partial charge in [0.1, 0.15) is 17.4 Å². The summed E-state index contributed by atoms with van der Waals surface area (Å²) in [6, 6.07) is 16.9. The normalized spacial score (nSPS) is 13.9. The van der Waals surface area contributed by atoms with Crippen molar-refractivity contribution in [2.45, 2.75) is 31.6 Å². The molecule has 12 heteroatoms. The fourth-order valence-corrected chi connectivity index (χ4v) is 4.08. The van der Waals surface area contributed by atoms with Gasteiger partial charge in [0.05, 0.1) is 0 Å². The minimum absolute atomic E-state index is 0.283. The number of pyridine rings is 1. The zero-order valence-corrected chi connectivity index (χ0v) is 21.0. The number of rotatable bonds is 6. The number of carbonyl (C=O) groups is 2. The fraction of sp³-hybridized carbons (Fsp3) is 0.296. The molecule has 39 heavy (non-hydrogen) atoms. The number of phenolic OH excluding ortho intramolecular Hbond substituents is 1. The SMILES string of the molecule is CN(Cc1cccc(O)c1)C1CCN(c2cc(NC(=O)c3ccc(F)cc3)ccn2)CC1.O=C(O)C(F)(F)F. The van der Waals surface area contributed by atoms with Crippen molar-refractivity contribution < 1.29 is 37.4 Å². The average molecular weight is 549 g/mol. The minimum Gasteiger partial charge on any atom is -0.508 e. The number of carbonyl (C=O) groups excluding carboxylic acids is 1. The van der Waals surface area contributed by atoms with Crippen LogP contribution in [-0.2, 0) is 11.3 Å². The van der Waals surface area contributed by atoms with Crippen molar-refractivity contribution in [3.63, 3.8) is 0 Å². The number of nitrogens with zero attached hydrogens (tertiary/aromatic N) is 3. The van der Waals surface area contributed by atoms with E-state index in [1.54, 1.807) is 24.4 Å². The van der Waals surface area contributed by atoms with Gasteiger partial charge in [0.2, 0.25) is 0 Å². The van der Waals surface area contributed by atoms with Crippen molar-refractivity contribution in [2.24, 2.45) is 0 Å². The number of hydrogen-bond acceptors (Lipinski definition) is 6. The molecule has 1 aliphatic heterocycles. The molecular formula is C27H28F4N4O4. The Morgan fingerprint density at radius 2 is 1.72 bits per heavy atom. The Hall–Kier alpha value is -4.19. The lowest BCUT2D eigenvalue weighted by molar-refractivity contribution is -0.192. The van der Waals surface area contributed by atoms with Crippen LogP contribution in [0.15, 0.2) is 66.9 Å². The third kappa shape index (κ3) is 8.95. The lowest BCUT2D eigenvalue weighted by atomic mass is 10.0. The summed E-state index contributed by atoms with van der Waals surface area (Å²) in [5.41, 5.74) is 2.16. The number of carboxylic acids is 1. The largest absolute Gasteiger partial charge is 0.508 e. The van der Waals surface area contributed by atoms with Crippen molar-refractivity contribution in [1.82, 2.24) is 9.88 Å². The van der Waals surface area contributed by atoms with Crippen molar-refractivity contribution >= 4 is 23.4 Å². The van der Waals surface area contributed by atoms with Crippen molar-refractivity contribution in [3.05, 3.63) is 83.8 Å². The zero-order valence-electron chi connectivity index (χ0n) is 21.0. The van der Waals surface area contributed by atoms with Gasteiger partial charge in [-0.05, 0) is 67.9 Å². The molecule has 2 heterocycles. The Labute approximate surface area is 222 Å². The predicted octanol–water partition coefficient (Wildman–Crippen LogP) is 4.91. The first kappa shape index (κ1) is 29.4. The number of halogens is 4. The third-order valence-corrected chi connectivity index (χ3v) is 6.11. The second-order valence-corrected chi connectivity index (χ2v) is 8.97. The smallest absolute Gasteiger partial charge is 0.490 e. The Balaban J connectivity index is 0.000000532. The van der Waals surface area contributed by atoms with Gasteiger partial charge in [-0.2, -0.15) is 13.2 Å². The summed E-state index contributed by atoms with van der Waals surface area (Å²) in [6.07, 6.45) is -1.39. The molecule has 0 spiro atoms. The van der Waals surface area contributed by atoms with E-state index in [-0.39, 0.29) is 11.7 Å². The first-order valence-electron chi connectivity index (χ1n) is 12.0. The molecule has 3 N–H and O–H groups in total. The predicted molar refractivity (Wildman–Crippen MR) is 137 cm³/mol. The minimum atomic E-state index is -5.08.